The van der Waals surface area contributed by atoms with Crippen molar-refractivity contribution in [1.82, 2.24) is 4.98 Å². The van der Waals surface area contributed by atoms with Crippen LogP contribution >= 0.6 is 0 Å². The van der Waals surface area contributed by atoms with Gasteiger partial charge < -0.3 is 15.2 Å². The van der Waals surface area contributed by atoms with E-state index >= 15 is 0 Å². The van der Waals surface area contributed by atoms with Crippen molar-refractivity contribution in [3.63, 3.8) is 0 Å². The zero-order valence-electron chi connectivity index (χ0n) is 14.7. The molecule has 2 aliphatic rings. The van der Waals surface area contributed by atoms with Crippen molar-refractivity contribution in [3.05, 3.63) is 30.0 Å². The number of nitrogens with zero attached hydrogens (tertiary/aromatic N) is 1. The molecule has 5 heteroatoms. The van der Waals surface area contributed by atoms with E-state index < -0.39 is 5.91 Å². The average molecular weight is 340 g/mol. The maximum atomic E-state index is 11.8. The van der Waals surface area contributed by atoms with Crippen LogP contribution in [0.2, 0.25) is 0 Å². The number of primary amides is 1. The van der Waals surface area contributed by atoms with Gasteiger partial charge in [-0.1, -0.05) is 6.42 Å². The molecule has 1 aromatic carbocycles. The summed E-state index contributed by atoms with van der Waals surface area (Å²) in [6, 6.07) is 5.45. The summed E-state index contributed by atoms with van der Waals surface area (Å²) in [5.41, 5.74) is 5.90. The van der Waals surface area contributed by atoms with Gasteiger partial charge in [0, 0.05) is 11.6 Å². The Bertz CT molecular complexity index is 808. The van der Waals surface area contributed by atoms with Gasteiger partial charge in [-0.25, -0.2) is 4.98 Å². The SMILES string of the molecule is CC(C)Oc1cc2c(OCC3[C@H]4CCC[C@@H]34)nccc2cc1C(N)=O. The first-order valence-corrected chi connectivity index (χ1v) is 9.06. The van der Waals surface area contributed by atoms with Gasteiger partial charge in [0.25, 0.3) is 5.91 Å². The van der Waals surface area contributed by atoms with Gasteiger partial charge in [-0.15, -0.1) is 0 Å². The fourth-order valence-corrected chi connectivity index (χ4v) is 4.23. The second-order valence-electron chi connectivity index (χ2n) is 7.45. The lowest BCUT2D eigenvalue weighted by Gasteiger charge is -2.15. The fourth-order valence-electron chi connectivity index (χ4n) is 4.23. The molecule has 132 valence electrons. The van der Waals surface area contributed by atoms with Crippen molar-refractivity contribution in [2.24, 2.45) is 23.5 Å². The molecule has 5 nitrogen and oxygen atoms in total. The highest BCUT2D eigenvalue weighted by Crippen LogP contribution is 2.57. The number of benzene rings is 1. The zero-order valence-corrected chi connectivity index (χ0v) is 14.7. The number of pyridine rings is 1. The number of fused-ring (bicyclic) bond motifs is 2. The van der Waals surface area contributed by atoms with Gasteiger partial charge in [0.15, 0.2) is 0 Å². The molecule has 2 aliphatic carbocycles. The van der Waals surface area contributed by atoms with E-state index in [1.54, 1.807) is 12.3 Å². The Kier molecular flexibility index (Phi) is 4.02. The Hall–Kier alpha value is -2.30. The molecule has 1 aromatic heterocycles. The van der Waals surface area contributed by atoms with Crippen LogP contribution in [0, 0.1) is 17.8 Å². The number of amides is 1. The minimum atomic E-state index is -0.498. The molecule has 25 heavy (non-hydrogen) atoms. The first kappa shape index (κ1) is 16.2. The Morgan fingerprint density at radius 3 is 2.76 bits per heavy atom. The van der Waals surface area contributed by atoms with E-state index in [-0.39, 0.29) is 6.10 Å². The quantitative estimate of drug-likeness (QED) is 0.873. The van der Waals surface area contributed by atoms with Gasteiger partial charge in [-0.05, 0) is 68.0 Å². The lowest BCUT2D eigenvalue weighted by molar-refractivity contribution is 0.0994. The van der Waals surface area contributed by atoms with E-state index in [9.17, 15) is 4.79 Å². The van der Waals surface area contributed by atoms with Crippen LogP contribution < -0.4 is 15.2 Å². The molecular weight excluding hydrogens is 316 g/mol. The number of carbonyl (C=O) groups excluding carboxylic acids is 1. The van der Waals surface area contributed by atoms with E-state index in [2.05, 4.69) is 4.98 Å². The number of rotatable bonds is 6. The van der Waals surface area contributed by atoms with E-state index in [1.165, 1.54) is 19.3 Å². The first-order valence-electron chi connectivity index (χ1n) is 9.06. The van der Waals surface area contributed by atoms with Crippen LogP contribution in [-0.2, 0) is 0 Å². The lowest BCUT2D eigenvalue weighted by atomic mass is 10.1. The summed E-state index contributed by atoms with van der Waals surface area (Å²) < 4.78 is 11.8. The molecule has 2 N–H and O–H groups in total. The summed E-state index contributed by atoms with van der Waals surface area (Å²) in [5.74, 6) is 2.99. The second-order valence-corrected chi connectivity index (χ2v) is 7.45. The van der Waals surface area contributed by atoms with Crippen LogP contribution in [0.3, 0.4) is 0 Å². The minimum absolute atomic E-state index is 0.0533. The van der Waals surface area contributed by atoms with Crippen LogP contribution in [0.1, 0.15) is 43.5 Å². The molecular formula is C20H24N2O3. The van der Waals surface area contributed by atoms with Crippen LogP contribution in [0.15, 0.2) is 24.4 Å². The minimum Gasteiger partial charge on any atom is -0.490 e. The van der Waals surface area contributed by atoms with Gasteiger partial charge in [0.05, 0.1) is 18.3 Å². The first-order chi connectivity index (χ1) is 12.0. The van der Waals surface area contributed by atoms with E-state index in [0.29, 0.717) is 23.1 Å². The third kappa shape index (κ3) is 3.03. The van der Waals surface area contributed by atoms with E-state index in [4.69, 9.17) is 15.2 Å². The summed E-state index contributed by atoms with van der Waals surface area (Å²) in [6.07, 6.45) is 5.71. The zero-order chi connectivity index (χ0) is 17.6. The maximum absolute atomic E-state index is 11.8. The van der Waals surface area contributed by atoms with E-state index in [0.717, 1.165) is 29.2 Å². The number of ether oxygens (including phenoxy) is 2. The molecule has 1 heterocycles. The Morgan fingerprint density at radius 2 is 2.08 bits per heavy atom. The summed E-state index contributed by atoms with van der Waals surface area (Å²) in [5, 5.41) is 1.74. The van der Waals surface area contributed by atoms with Crippen molar-refractivity contribution in [1.29, 1.82) is 0 Å². The standard InChI is InChI=1S/C20H24N2O3/c1-11(2)25-18-9-15-12(8-16(18)19(21)23)6-7-22-20(15)24-10-17-13-4-3-5-14(13)17/h6-9,11,13-14,17H,3-5,10H2,1-2H3,(H2,21,23)/t13-,14+,17?. The average Bonchev–Trinajstić information content (AvgIpc) is 2.99. The van der Waals surface area contributed by atoms with Crippen molar-refractivity contribution in [2.45, 2.75) is 39.2 Å². The molecule has 2 saturated carbocycles. The summed E-state index contributed by atoms with van der Waals surface area (Å²) in [7, 11) is 0. The summed E-state index contributed by atoms with van der Waals surface area (Å²) >= 11 is 0. The monoisotopic (exact) mass is 340 g/mol. The molecule has 0 bridgehead atoms. The lowest BCUT2D eigenvalue weighted by Crippen LogP contribution is -2.15. The second kappa shape index (κ2) is 6.21. The predicted octanol–water partition coefficient (Wildman–Crippen LogP) is 3.55. The number of hydrogen-bond donors (Lipinski definition) is 1. The molecule has 1 unspecified atom stereocenters. The third-order valence-corrected chi connectivity index (χ3v) is 5.45. The number of nitrogens with two attached hydrogens (primary N) is 1. The van der Waals surface area contributed by atoms with Crippen LogP contribution in [-0.4, -0.2) is 23.6 Å². The molecule has 0 radical (unpaired) electrons. The Morgan fingerprint density at radius 1 is 1.32 bits per heavy atom. The number of hydrogen-bond acceptors (Lipinski definition) is 4. The Labute approximate surface area is 147 Å². The highest BCUT2D eigenvalue weighted by molar-refractivity contribution is 6.01. The molecule has 0 aliphatic heterocycles. The largest absolute Gasteiger partial charge is 0.490 e. The maximum Gasteiger partial charge on any atom is 0.252 e. The van der Waals surface area contributed by atoms with Crippen LogP contribution in [0.4, 0.5) is 0 Å². The summed E-state index contributed by atoms with van der Waals surface area (Å²) in [6.45, 7) is 4.56. The molecule has 2 fully saturated rings. The molecule has 0 spiro atoms. The fraction of sp³-hybridized carbons (Fsp3) is 0.500. The molecule has 0 saturated heterocycles. The molecule has 1 amide bonds. The van der Waals surface area contributed by atoms with Crippen LogP contribution in [0.25, 0.3) is 10.8 Å². The van der Waals surface area contributed by atoms with Crippen molar-refractivity contribution >= 4 is 16.7 Å². The van der Waals surface area contributed by atoms with Gasteiger partial charge in [0.1, 0.15) is 5.75 Å². The van der Waals surface area contributed by atoms with Crippen molar-refractivity contribution in [2.75, 3.05) is 6.61 Å². The molecule has 3 atom stereocenters. The number of aromatic nitrogens is 1. The van der Waals surface area contributed by atoms with Crippen molar-refractivity contribution in [3.8, 4) is 11.6 Å². The highest BCUT2D eigenvalue weighted by Gasteiger charge is 2.52. The topological polar surface area (TPSA) is 74.4 Å². The van der Waals surface area contributed by atoms with Crippen LogP contribution in [0.5, 0.6) is 11.6 Å². The van der Waals surface area contributed by atoms with Gasteiger partial charge in [0.2, 0.25) is 5.88 Å². The number of carbonyl (C=O) groups is 1. The normalized spacial score (nSPS) is 24.4. The third-order valence-electron chi connectivity index (χ3n) is 5.45. The van der Waals surface area contributed by atoms with Gasteiger partial charge >= 0.3 is 0 Å². The molecule has 4 rings (SSSR count). The Balaban J connectivity index is 1.63. The predicted molar refractivity (Wildman–Crippen MR) is 95.8 cm³/mol. The smallest absolute Gasteiger partial charge is 0.252 e. The summed E-state index contributed by atoms with van der Waals surface area (Å²) in [4.78, 5) is 16.2. The molecule has 2 aromatic rings. The van der Waals surface area contributed by atoms with Crippen molar-refractivity contribution < 1.29 is 14.3 Å². The van der Waals surface area contributed by atoms with Gasteiger partial charge in [-0.3, -0.25) is 4.79 Å². The highest BCUT2D eigenvalue weighted by atomic mass is 16.5. The van der Waals surface area contributed by atoms with Gasteiger partial charge in [-0.2, -0.15) is 0 Å². The van der Waals surface area contributed by atoms with E-state index in [1.807, 2.05) is 26.0 Å².